The Bertz CT molecular complexity index is 413. The molecule has 3 aliphatic rings. The molecule has 4 unspecified atom stereocenters. The van der Waals surface area contributed by atoms with Crippen LogP contribution < -0.4 is 5.32 Å². The molecule has 3 heterocycles. The van der Waals surface area contributed by atoms with Crippen LogP contribution in [0, 0.1) is 0 Å². The molecule has 3 saturated heterocycles. The molecule has 0 radical (unpaired) electrons. The zero-order valence-electron chi connectivity index (χ0n) is 14.1. The van der Waals surface area contributed by atoms with Crippen LogP contribution in [0.25, 0.3) is 0 Å². The third kappa shape index (κ3) is 4.00. The van der Waals surface area contributed by atoms with E-state index in [1.807, 2.05) is 0 Å². The fraction of sp³-hybridized carbons (Fsp3) is 0.938. The Morgan fingerprint density at radius 2 is 1.79 bits per heavy atom. The van der Waals surface area contributed by atoms with E-state index in [1.54, 1.807) is 4.90 Å². The Labute approximate surface area is 142 Å². The Hall–Kier alpha value is -0.930. The number of aliphatic hydroxyl groups is 2. The van der Waals surface area contributed by atoms with E-state index < -0.39 is 12.2 Å². The van der Waals surface area contributed by atoms with Crippen molar-refractivity contribution in [3.8, 4) is 0 Å². The van der Waals surface area contributed by atoms with Crippen molar-refractivity contribution < 1.29 is 24.5 Å². The van der Waals surface area contributed by atoms with Crippen molar-refractivity contribution in [2.24, 2.45) is 0 Å². The maximum absolute atomic E-state index is 12.2. The van der Waals surface area contributed by atoms with Crippen LogP contribution in [0.3, 0.4) is 0 Å². The molecule has 8 heteroatoms. The third-order valence-corrected chi connectivity index (χ3v) is 5.21. The summed E-state index contributed by atoms with van der Waals surface area (Å²) in [6, 6.07) is -0.298. The molecule has 0 aliphatic carbocycles. The minimum Gasteiger partial charge on any atom is -0.394 e. The quantitative estimate of drug-likeness (QED) is 0.606. The van der Waals surface area contributed by atoms with Gasteiger partial charge in [-0.05, 0) is 25.9 Å². The van der Waals surface area contributed by atoms with Crippen molar-refractivity contribution in [3.05, 3.63) is 0 Å². The number of ether oxygens (including phenoxy) is 2. The number of nitrogens with one attached hydrogen (secondary N) is 1. The molecule has 3 fully saturated rings. The van der Waals surface area contributed by atoms with E-state index in [0.29, 0.717) is 32.8 Å². The van der Waals surface area contributed by atoms with Crippen LogP contribution in [-0.2, 0) is 9.47 Å². The fourth-order valence-electron chi connectivity index (χ4n) is 3.88. The maximum Gasteiger partial charge on any atom is 0.317 e. The van der Waals surface area contributed by atoms with Crippen LogP contribution >= 0.6 is 0 Å². The summed E-state index contributed by atoms with van der Waals surface area (Å²) in [5, 5.41) is 22.9. The van der Waals surface area contributed by atoms with Gasteiger partial charge in [-0.15, -0.1) is 0 Å². The summed E-state index contributed by atoms with van der Waals surface area (Å²) in [5.41, 5.74) is 0. The van der Waals surface area contributed by atoms with Gasteiger partial charge in [0.15, 0.2) is 0 Å². The van der Waals surface area contributed by atoms with E-state index in [2.05, 4.69) is 10.2 Å². The van der Waals surface area contributed by atoms with Gasteiger partial charge in [0.25, 0.3) is 0 Å². The van der Waals surface area contributed by atoms with E-state index >= 15 is 0 Å². The number of hydrogen-bond acceptors (Lipinski definition) is 6. The lowest BCUT2D eigenvalue weighted by molar-refractivity contribution is -0.0211. The number of hydrogen-bond donors (Lipinski definition) is 3. The predicted molar refractivity (Wildman–Crippen MR) is 86.8 cm³/mol. The zero-order chi connectivity index (χ0) is 16.9. The lowest BCUT2D eigenvalue weighted by atomic mass is 9.99. The van der Waals surface area contributed by atoms with Crippen molar-refractivity contribution in [2.45, 2.75) is 43.6 Å². The summed E-state index contributed by atoms with van der Waals surface area (Å²) >= 11 is 0. The highest BCUT2D eigenvalue weighted by molar-refractivity contribution is 5.74. The molecule has 8 nitrogen and oxygen atoms in total. The van der Waals surface area contributed by atoms with E-state index in [4.69, 9.17) is 9.47 Å². The van der Waals surface area contributed by atoms with Crippen molar-refractivity contribution >= 4 is 6.03 Å². The molecule has 0 spiro atoms. The van der Waals surface area contributed by atoms with Crippen LogP contribution in [0.5, 0.6) is 0 Å². The van der Waals surface area contributed by atoms with Crippen LogP contribution in [-0.4, -0.2) is 103 Å². The summed E-state index contributed by atoms with van der Waals surface area (Å²) in [6.45, 7) is 4.30. The maximum atomic E-state index is 12.2. The molecule has 0 saturated carbocycles. The van der Waals surface area contributed by atoms with Gasteiger partial charge in [0, 0.05) is 19.6 Å². The zero-order valence-corrected chi connectivity index (χ0v) is 14.1. The summed E-state index contributed by atoms with van der Waals surface area (Å²) in [4.78, 5) is 16.2. The smallest absolute Gasteiger partial charge is 0.317 e. The van der Waals surface area contributed by atoms with Gasteiger partial charge in [-0.25, -0.2) is 4.79 Å². The average molecular weight is 343 g/mol. The number of morpholine rings is 1. The molecule has 0 aromatic heterocycles. The fourth-order valence-corrected chi connectivity index (χ4v) is 3.88. The van der Waals surface area contributed by atoms with E-state index in [-0.39, 0.29) is 24.8 Å². The largest absolute Gasteiger partial charge is 0.394 e. The SMILES string of the molecule is O=C(NCC1OC(CO)C(O)C1N1CCCCC1)N1CCOCC1. The monoisotopic (exact) mass is 343 g/mol. The summed E-state index contributed by atoms with van der Waals surface area (Å²) < 4.78 is 11.1. The minimum atomic E-state index is -0.724. The first kappa shape index (κ1) is 17.9. The minimum absolute atomic E-state index is 0.124. The number of rotatable bonds is 4. The summed E-state index contributed by atoms with van der Waals surface area (Å²) in [7, 11) is 0. The molecule has 2 amide bonds. The number of likely N-dealkylation sites (tertiary alicyclic amines) is 1. The molecule has 4 atom stereocenters. The van der Waals surface area contributed by atoms with Crippen LogP contribution in [0.2, 0.25) is 0 Å². The number of urea groups is 1. The predicted octanol–water partition coefficient (Wildman–Crippen LogP) is -0.997. The summed E-state index contributed by atoms with van der Waals surface area (Å²) in [5.74, 6) is 0. The van der Waals surface area contributed by atoms with Gasteiger partial charge < -0.3 is 29.9 Å². The molecule has 138 valence electrons. The van der Waals surface area contributed by atoms with Crippen LogP contribution in [0.4, 0.5) is 4.79 Å². The Morgan fingerprint density at radius 1 is 1.08 bits per heavy atom. The van der Waals surface area contributed by atoms with Gasteiger partial charge in [0.05, 0.1) is 32.0 Å². The normalized spacial score (nSPS) is 35.2. The first-order valence-corrected chi connectivity index (χ1v) is 8.99. The molecule has 3 aliphatic heterocycles. The molecule has 3 rings (SSSR count). The van der Waals surface area contributed by atoms with Gasteiger partial charge in [0.1, 0.15) is 12.2 Å². The number of carbonyl (C=O) groups excluding carboxylic acids is 1. The van der Waals surface area contributed by atoms with E-state index in [1.165, 1.54) is 6.42 Å². The molecular formula is C16H29N3O5. The Kier molecular flexibility index (Phi) is 6.29. The first-order valence-electron chi connectivity index (χ1n) is 8.99. The number of amides is 2. The summed E-state index contributed by atoms with van der Waals surface area (Å²) in [6.07, 6.45) is 1.82. The van der Waals surface area contributed by atoms with Crippen molar-refractivity contribution in [3.63, 3.8) is 0 Å². The molecule has 0 aromatic carbocycles. The molecule has 3 N–H and O–H groups in total. The average Bonchev–Trinajstić information content (AvgIpc) is 2.96. The molecule has 24 heavy (non-hydrogen) atoms. The number of aliphatic hydroxyl groups excluding tert-OH is 2. The topological polar surface area (TPSA) is 94.5 Å². The highest BCUT2D eigenvalue weighted by atomic mass is 16.5. The molecule has 0 aromatic rings. The Morgan fingerprint density at radius 3 is 2.46 bits per heavy atom. The number of piperidine rings is 1. The number of nitrogens with zero attached hydrogens (tertiary/aromatic N) is 2. The standard InChI is InChI=1S/C16H29N3O5/c20-11-13-15(21)14(18-4-2-1-3-5-18)12(24-13)10-17-16(22)19-6-8-23-9-7-19/h12-15,20-21H,1-11H2,(H,17,22). The van der Waals surface area contributed by atoms with Gasteiger partial charge in [-0.1, -0.05) is 6.42 Å². The van der Waals surface area contributed by atoms with Gasteiger partial charge >= 0.3 is 6.03 Å². The van der Waals surface area contributed by atoms with E-state index in [0.717, 1.165) is 25.9 Å². The lowest BCUT2D eigenvalue weighted by Crippen LogP contribution is -2.54. The highest BCUT2D eigenvalue weighted by Crippen LogP contribution is 2.28. The Balaban J connectivity index is 1.57. The van der Waals surface area contributed by atoms with Gasteiger partial charge in [-0.3, -0.25) is 4.90 Å². The molecule has 0 bridgehead atoms. The second-order valence-electron chi connectivity index (χ2n) is 6.76. The molecular weight excluding hydrogens is 314 g/mol. The first-order chi connectivity index (χ1) is 11.7. The highest BCUT2D eigenvalue weighted by Gasteiger charge is 2.46. The van der Waals surface area contributed by atoms with Crippen molar-refractivity contribution in [2.75, 3.05) is 52.5 Å². The number of carbonyl (C=O) groups is 1. The van der Waals surface area contributed by atoms with Gasteiger partial charge in [-0.2, -0.15) is 0 Å². The lowest BCUT2D eigenvalue weighted by Gasteiger charge is -2.36. The van der Waals surface area contributed by atoms with Crippen molar-refractivity contribution in [1.29, 1.82) is 0 Å². The second-order valence-corrected chi connectivity index (χ2v) is 6.76. The van der Waals surface area contributed by atoms with Crippen molar-refractivity contribution in [1.82, 2.24) is 15.1 Å². The second kappa shape index (κ2) is 8.44. The van der Waals surface area contributed by atoms with Gasteiger partial charge in [0.2, 0.25) is 0 Å². The third-order valence-electron chi connectivity index (χ3n) is 5.21. The van der Waals surface area contributed by atoms with E-state index in [9.17, 15) is 15.0 Å². The van der Waals surface area contributed by atoms with Crippen LogP contribution in [0.1, 0.15) is 19.3 Å². The van der Waals surface area contributed by atoms with Crippen LogP contribution in [0.15, 0.2) is 0 Å².